The predicted octanol–water partition coefficient (Wildman–Crippen LogP) is 1.35. The monoisotopic (exact) mass is 364 g/mol. The first-order valence-corrected chi connectivity index (χ1v) is 8.56. The van der Waals surface area contributed by atoms with E-state index < -0.39 is 36.8 Å². The molecule has 0 fully saturated rings. The smallest absolute Gasteiger partial charge is 0.408 e. The quantitative estimate of drug-likeness (QED) is 0.469. The van der Waals surface area contributed by atoms with Crippen LogP contribution in [0.5, 0.6) is 0 Å². The van der Waals surface area contributed by atoms with Crippen molar-refractivity contribution in [2.45, 2.75) is 45.1 Å². The summed E-state index contributed by atoms with van der Waals surface area (Å²) in [5.74, 6) is -0.714. The van der Waals surface area contributed by atoms with Crippen molar-refractivity contribution in [3.05, 3.63) is 48.6 Å². The van der Waals surface area contributed by atoms with E-state index in [4.69, 9.17) is 4.74 Å². The number of amides is 2. The number of benzene rings is 1. The van der Waals surface area contributed by atoms with Crippen molar-refractivity contribution in [3.8, 4) is 0 Å². The molecule has 0 heterocycles. The molecule has 26 heavy (non-hydrogen) atoms. The standard InChI is InChI=1S/C19H28N2O5/c1-4-8-16(23)15(11-22)20-18(24)17(13(2)3)21-19(25)26-12-14-9-6-5-7-10-14/h4-7,9-10,13,15-17,22-23H,1,8,11-12H2,2-3H3,(H,20,24)(H,21,25)/t15-,16+,17-/m0/s1. The Morgan fingerprint density at radius 3 is 2.42 bits per heavy atom. The van der Waals surface area contributed by atoms with Crippen molar-refractivity contribution < 1.29 is 24.5 Å². The summed E-state index contributed by atoms with van der Waals surface area (Å²) in [6.07, 6.45) is 0.0532. The second-order valence-corrected chi connectivity index (χ2v) is 6.32. The number of carbonyl (C=O) groups is 2. The zero-order chi connectivity index (χ0) is 19.5. The fourth-order valence-corrected chi connectivity index (χ4v) is 2.30. The number of ether oxygens (including phenoxy) is 1. The van der Waals surface area contributed by atoms with Crippen LogP contribution in [0, 0.1) is 5.92 Å². The fraction of sp³-hybridized carbons (Fsp3) is 0.474. The van der Waals surface area contributed by atoms with Crippen molar-refractivity contribution in [1.29, 1.82) is 0 Å². The number of hydrogen-bond donors (Lipinski definition) is 4. The topological polar surface area (TPSA) is 108 Å². The minimum absolute atomic E-state index is 0.0937. The molecule has 1 aromatic rings. The minimum atomic E-state index is -0.959. The van der Waals surface area contributed by atoms with Crippen LogP contribution in [-0.2, 0) is 16.1 Å². The summed E-state index contributed by atoms with van der Waals surface area (Å²) in [4.78, 5) is 24.4. The van der Waals surface area contributed by atoms with Crippen LogP contribution in [0.4, 0.5) is 4.79 Å². The van der Waals surface area contributed by atoms with Gasteiger partial charge < -0.3 is 25.6 Å². The Morgan fingerprint density at radius 1 is 1.23 bits per heavy atom. The first-order chi connectivity index (χ1) is 12.4. The first kappa shape index (κ1) is 21.7. The zero-order valence-electron chi connectivity index (χ0n) is 15.2. The Labute approximate surface area is 154 Å². The van der Waals surface area contributed by atoms with E-state index in [-0.39, 0.29) is 18.9 Å². The van der Waals surface area contributed by atoms with Crippen molar-refractivity contribution in [2.75, 3.05) is 6.61 Å². The Bertz CT molecular complexity index is 577. The van der Waals surface area contributed by atoms with Gasteiger partial charge in [-0.3, -0.25) is 4.79 Å². The van der Waals surface area contributed by atoms with Crippen LogP contribution < -0.4 is 10.6 Å². The molecule has 0 saturated heterocycles. The minimum Gasteiger partial charge on any atom is -0.445 e. The second kappa shape index (κ2) is 11.3. The third-order valence-electron chi connectivity index (χ3n) is 3.83. The van der Waals surface area contributed by atoms with E-state index >= 15 is 0 Å². The van der Waals surface area contributed by atoms with Gasteiger partial charge in [-0.2, -0.15) is 0 Å². The summed E-state index contributed by atoms with van der Waals surface area (Å²) in [6.45, 7) is 6.73. The maximum Gasteiger partial charge on any atom is 0.408 e. The molecule has 2 amide bonds. The van der Waals surface area contributed by atoms with Crippen LogP contribution in [0.3, 0.4) is 0 Å². The molecule has 4 N–H and O–H groups in total. The molecule has 7 nitrogen and oxygen atoms in total. The predicted molar refractivity (Wildman–Crippen MR) is 98.2 cm³/mol. The normalized spacial score (nSPS) is 14.2. The molecule has 0 radical (unpaired) electrons. The average molecular weight is 364 g/mol. The summed E-state index contributed by atoms with van der Waals surface area (Å²) >= 11 is 0. The molecule has 1 rings (SSSR count). The van der Waals surface area contributed by atoms with Crippen LogP contribution in [-0.4, -0.2) is 47.0 Å². The largest absolute Gasteiger partial charge is 0.445 e. The van der Waals surface area contributed by atoms with Crippen LogP contribution in [0.25, 0.3) is 0 Å². The molecule has 0 aromatic heterocycles. The van der Waals surface area contributed by atoms with Gasteiger partial charge in [-0.15, -0.1) is 6.58 Å². The van der Waals surface area contributed by atoms with E-state index in [1.807, 2.05) is 30.3 Å². The molecule has 0 spiro atoms. The van der Waals surface area contributed by atoms with Gasteiger partial charge in [-0.25, -0.2) is 4.79 Å². The van der Waals surface area contributed by atoms with E-state index in [1.165, 1.54) is 6.08 Å². The Kier molecular flexibility index (Phi) is 9.40. The second-order valence-electron chi connectivity index (χ2n) is 6.32. The summed E-state index contributed by atoms with van der Waals surface area (Å²) in [7, 11) is 0. The Balaban J connectivity index is 2.61. The highest BCUT2D eigenvalue weighted by Crippen LogP contribution is 2.07. The van der Waals surface area contributed by atoms with Crippen LogP contribution in [0.1, 0.15) is 25.8 Å². The molecule has 7 heteroatoms. The van der Waals surface area contributed by atoms with Gasteiger partial charge in [0.25, 0.3) is 0 Å². The number of aliphatic hydroxyl groups is 2. The molecule has 144 valence electrons. The number of aliphatic hydroxyl groups excluding tert-OH is 2. The third kappa shape index (κ3) is 7.25. The Morgan fingerprint density at radius 2 is 1.88 bits per heavy atom. The molecule has 3 atom stereocenters. The highest BCUT2D eigenvalue weighted by atomic mass is 16.5. The first-order valence-electron chi connectivity index (χ1n) is 8.56. The number of hydrogen-bond acceptors (Lipinski definition) is 5. The van der Waals surface area contributed by atoms with Gasteiger partial charge in [-0.05, 0) is 17.9 Å². The van der Waals surface area contributed by atoms with Crippen molar-refractivity contribution >= 4 is 12.0 Å². The summed E-state index contributed by atoms with van der Waals surface area (Å²) in [5.41, 5.74) is 0.834. The SMILES string of the molecule is C=CC[C@@H](O)[C@H](CO)NC(=O)[C@@H](NC(=O)OCc1ccccc1)C(C)C. The number of rotatable bonds is 10. The molecule has 0 aliphatic heterocycles. The van der Waals surface area contributed by atoms with E-state index in [1.54, 1.807) is 13.8 Å². The lowest BCUT2D eigenvalue weighted by Crippen LogP contribution is -2.55. The van der Waals surface area contributed by atoms with E-state index in [2.05, 4.69) is 17.2 Å². The highest BCUT2D eigenvalue weighted by molar-refractivity contribution is 5.86. The van der Waals surface area contributed by atoms with E-state index in [9.17, 15) is 19.8 Å². The average Bonchev–Trinajstić information content (AvgIpc) is 2.63. The van der Waals surface area contributed by atoms with Gasteiger partial charge in [0.05, 0.1) is 18.8 Å². The zero-order valence-corrected chi connectivity index (χ0v) is 15.2. The molecule has 0 bridgehead atoms. The van der Waals surface area contributed by atoms with Crippen LogP contribution >= 0.6 is 0 Å². The maximum absolute atomic E-state index is 12.4. The number of alkyl carbamates (subject to hydrolysis) is 1. The molecule has 0 aliphatic carbocycles. The lowest BCUT2D eigenvalue weighted by atomic mass is 10.0. The fourth-order valence-electron chi connectivity index (χ4n) is 2.30. The summed E-state index contributed by atoms with van der Waals surface area (Å²) < 4.78 is 5.13. The van der Waals surface area contributed by atoms with Crippen LogP contribution in [0.15, 0.2) is 43.0 Å². The lowest BCUT2D eigenvalue weighted by molar-refractivity contribution is -0.126. The third-order valence-corrected chi connectivity index (χ3v) is 3.83. The molecule has 0 aliphatic rings. The van der Waals surface area contributed by atoms with Crippen molar-refractivity contribution in [3.63, 3.8) is 0 Å². The van der Waals surface area contributed by atoms with Crippen molar-refractivity contribution in [1.82, 2.24) is 10.6 Å². The van der Waals surface area contributed by atoms with Gasteiger partial charge in [0, 0.05) is 0 Å². The molecular formula is C19H28N2O5. The highest BCUT2D eigenvalue weighted by Gasteiger charge is 2.28. The summed E-state index contributed by atoms with van der Waals surface area (Å²) in [5, 5.41) is 24.4. The number of carbonyl (C=O) groups excluding carboxylic acids is 2. The molecule has 1 aromatic carbocycles. The van der Waals surface area contributed by atoms with E-state index in [0.29, 0.717) is 0 Å². The van der Waals surface area contributed by atoms with Gasteiger partial charge in [0.2, 0.25) is 5.91 Å². The molecule has 0 unspecified atom stereocenters. The Hall–Kier alpha value is -2.38. The lowest BCUT2D eigenvalue weighted by Gasteiger charge is -2.26. The van der Waals surface area contributed by atoms with Gasteiger partial charge in [0.15, 0.2) is 0 Å². The maximum atomic E-state index is 12.4. The molecule has 0 saturated carbocycles. The molecular weight excluding hydrogens is 336 g/mol. The number of nitrogens with one attached hydrogen (secondary N) is 2. The van der Waals surface area contributed by atoms with E-state index in [0.717, 1.165) is 5.56 Å². The van der Waals surface area contributed by atoms with Gasteiger partial charge in [0.1, 0.15) is 12.6 Å². The van der Waals surface area contributed by atoms with Crippen molar-refractivity contribution in [2.24, 2.45) is 5.92 Å². The van der Waals surface area contributed by atoms with Gasteiger partial charge in [-0.1, -0.05) is 50.3 Å². The summed E-state index contributed by atoms with van der Waals surface area (Å²) in [6, 6.07) is 7.49. The van der Waals surface area contributed by atoms with Crippen LogP contribution in [0.2, 0.25) is 0 Å². The van der Waals surface area contributed by atoms with Gasteiger partial charge >= 0.3 is 6.09 Å².